The van der Waals surface area contributed by atoms with Crippen molar-refractivity contribution in [3.8, 4) is 17.1 Å². The van der Waals surface area contributed by atoms with Crippen LogP contribution in [0.4, 0.5) is 14.5 Å². The van der Waals surface area contributed by atoms with Crippen LogP contribution in [0.1, 0.15) is 0 Å². The minimum Gasteiger partial charge on any atom is -0.398 e. The van der Waals surface area contributed by atoms with Gasteiger partial charge in [0.25, 0.3) is 0 Å². The number of nitrogens with zero attached hydrogens (tertiary/aromatic N) is 4. The van der Waals surface area contributed by atoms with E-state index < -0.39 is 11.6 Å². The summed E-state index contributed by atoms with van der Waals surface area (Å²) in [6.45, 7) is 0. The molecular weight excluding hydrogens is 300 g/mol. The van der Waals surface area contributed by atoms with Crippen LogP contribution in [-0.4, -0.2) is 20.2 Å². The summed E-state index contributed by atoms with van der Waals surface area (Å²) >= 11 is 6.09. The number of tetrazole rings is 1. The average molecular weight is 308 g/mol. The Morgan fingerprint density at radius 1 is 1.14 bits per heavy atom. The topological polar surface area (TPSA) is 69.6 Å². The fourth-order valence-corrected chi connectivity index (χ4v) is 2.20. The quantitative estimate of drug-likeness (QED) is 0.739. The predicted octanol–water partition coefficient (Wildman–Crippen LogP) is 2.84. The third kappa shape index (κ3) is 2.31. The van der Waals surface area contributed by atoms with Gasteiger partial charge in [-0.05, 0) is 34.7 Å². The molecule has 106 valence electrons. The Hall–Kier alpha value is -2.54. The van der Waals surface area contributed by atoms with E-state index in [1.165, 1.54) is 0 Å². The van der Waals surface area contributed by atoms with E-state index in [2.05, 4.69) is 15.5 Å². The highest BCUT2D eigenvalue weighted by atomic mass is 35.5. The molecule has 0 atom stereocenters. The molecule has 0 amide bonds. The highest BCUT2D eigenvalue weighted by Crippen LogP contribution is 2.32. The molecule has 1 aromatic heterocycles. The number of rotatable bonds is 2. The third-order valence-corrected chi connectivity index (χ3v) is 3.19. The first-order chi connectivity index (χ1) is 10.1. The normalized spacial score (nSPS) is 10.8. The van der Waals surface area contributed by atoms with Gasteiger partial charge in [-0.15, -0.1) is 5.10 Å². The van der Waals surface area contributed by atoms with Crippen molar-refractivity contribution in [2.45, 2.75) is 0 Å². The summed E-state index contributed by atoms with van der Waals surface area (Å²) in [5, 5.41) is 11.3. The fraction of sp³-hybridized carbons (Fsp3) is 0. The molecule has 5 nitrogen and oxygen atoms in total. The number of halogens is 3. The van der Waals surface area contributed by atoms with E-state index >= 15 is 0 Å². The lowest BCUT2D eigenvalue weighted by Gasteiger charge is -2.09. The van der Waals surface area contributed by atoms with Crippen LogP contribution >= 0.6 is 11.6 Å². The number of hydrogen-bond donors (Lipinski definition) is 1. The first kappa shape index (κ1) is 13.4. The van der Waals surface area contributed by atoms with Gasteiger partial charge in [0.2, 0.25) is 0 Å². The van der Waals surface area contributed by atoms with E-state index in [0.29, 0.717) is 16.3 Å². The van der Waals surface area contributed by atoms with Crippen molar-refractivity contribution in [2.75, 3.05) is 5.73 Å². The maximum Gasteiger partial charge on any atom is 0.190 e. The van der Waals surface area contributed by atoms with Crippen molar-refractivity contribution >= 4 is 17.3 Å². The van der Waals surface area contributed by atoms with Crippen molar-refractivity contribution in [1.82, 2.24) is 20.2 Å². The van der Waals surface area contributed by atoms with Crippen LogP contribution in [0.25, 0.3) is 17.1 Å². The first-order valence-corrected chi connectivity index (χ1v) is 6.24. The standard InChI is InChI=1S/C13H8ClF2N5/c14-8-2-1-3-10(17)12(8)13-18-19-20-21(13)11-6-7(15)4-5-9(11)16/h1-6H,17H2. The van der Waals surface area contributed by atoms with E-state index in [1.807, 2.05) is 0 Å². The molecule has 0 bridgehead atoms. The molecule has 0 aliphatic carbocycles. The largest absolute Gasteiger partial charge is 0.398 e. The molecule has 3 rings (SSSR count). The second-order valence-electron chi connectivity index (χ2n) is 4.21. The summed E-state index contributed by atoms with van der Waals surface area (Å²) in [5.74, 6) is -1.15. The Morgan fingerprint density at radius 3 is 2.71 bits per heavy atom. The lowest BCUT2D eigenvalue weighted by molar-refractivity contribution is 0.584. The van der Waals surface area contributed by atoms with Gasteiger partial charge in [0.05, 0.1) is 10.6 Å². The van der Waals surface area contributed by atoms with Crippen LogP contribution in [0.5, 0.6) is 0 Å². The monoisotopic (exact) mass is 307 g/mol. The number of nitrogen functional groups attached to an aromatic ring is 1. The maximum absolute atomic E-state index is 13.9. The first-order valence-electron chi connectivity index (χ1n) is 5.86. The smallest absolute Gasteiger partial charge is 0.190 e. The molecule has 0 unspecified atom stereocenters. The Labute approximate surface area is 123 Å². The van der Waals surface area contributed by atoms with Crippen molar-refractivity contribution in [3.63, 3.8) is 0 Å². The van der Waals surface area contributed by atoms with Gasteiger partial charge in [0.15, 0.2) is 5.82 Å². The fourth-order valence-electron chi connectivity index (χ4n) is 1.93. The van der Waals surface area contributed by atoms with Crippen LogP contribution in [0, 0.1) is 11.6 Å². The molecule has 8 heteroatoms. The van der Waals surface area contributed by atoms with E-state index in [-0.39, 0.29) is 11.5 Å². The number of benzene rings is 2. The van der Waals surface area contributed by atoms with Crippen LogP contribution in [0.15, 0.2) is 36.4 Å². The zero-order chi connectivity index (χ0) is 15.0. The lowest BCUT2D eigenvalue weighted by Crippen LogP contribution is -2.05. The number of nitrogens with two attached hydrogens (primary N) is 1. The molecule has 0 fully saturated rings. The number of aromatic nitrogens is 4. The molecule has 0 aliphatic rings. The van der Waals surface area contributed by atoms with Crippen molar-refractivity contribution in [3.05, 3.63) is 53.1 Å². The summed E-state index contributed by atoms with van der Waals surface area (Å²) in [6, 6.07) is 7.87. The molecule has 0 spiro atoms. The number of hydrogen-bond acceptors (Lipinski definition) is 4. The molecule has 0 saturated carbocycles. The second kappa shape index (κ2) is 5.10. The second-order valence-corrected chi connectivity index (χ2v) is 4.62. The summed E-state index contributed by atoms with van der Waals surface area (Å²) in [7, 11) is 0. The van der Waals surface area contributed by atoms with Crippen LogP contribution in [0.3, 0.4) is 0 Å². The zero-order valence-electron chi connectivity index (χ0n) is 10.5. The maximum atomic E-state index is 13.9. The highest BCUT2D eigenvalue weighted by Gasteiger charge is 2.19. The minimum atomic E-state index is -0.671. The average Bonchev–Trinajstić information content (AvgIpc) is 2.90. The Balaban J connectivity index is 2.25. The van der Waals surface area contributed by atoms with Gasteiger partial charge in [-0.3, -0.25) is 0 Å². The molecule has 2 aromatic carbocycles. The molecule has 0 saturated heterocycles. The van der Waals surface area contributed by atoms with Crippen molar-refractivity contribution in [2.24, 2.45) is 0 Å². The predicted molar refractivity (Wildman–Crippen MR) is 73.9 cm³/mol. The lowest BCUT2D eigenvalue weighted by atomic mass is 10.1. The summed E-state index contributed by atoms with van der Waals surface area (Å²) < 4.78 is 28.3. The molecule has 2 N–H and O–H groups in total. The van der Waals surface area contributed by atoms with Gasteiger partial charge < -0.3 is 5.73 Å². The third-order valence-electron chi connectivity index (χ3n) is 2.88. The molecule has 21 heavy (non-hydrogen) atoms. The molecule has 3 aromatic rings. The summed E-state index contributed by atoms with van der Waals surface area (Å²) in [5.41, 5.74) is 6.42. The van der Waals surface area contributed by atoms with Crippen LogP contribution in [-0.2, 0) is 0 Å². The van der Waals surface area contributed by atoms with E-state index in [0.717, 1.165) is 22.9 Å². The zero-order valence-corrected chi connectivity index (χ0v) is 11.2. The Morgan fingerprint density at radius 2 is 1.95 bits per heavy atom. The molecule has 0 radical (unpaired) electrons. The van der Waals surface area contributed by atoms with Crippen molar-refractivity contribution in [1.29, 1.82) is 0 Å². The highest BCUT2D eigenvalue weighted by molar-refractivity contribution is 6.33. The summed E-state index contributed by atoms with van der Waals surface area (Å²) in [6.07, 6.45) is 0. The van der Waals surface area contributed by atoms with Gasteiger partial charge in [0, 0.05) is 11.8 Å². The number of anilines is 1. The van der Waals surface area contributed by atoms with Gasteiger partial charge in [-0.1, -0.05) is 17.7 Å². The van der Waals surface area contributed by atoms with E-state index in [1.54, 1.807) is 18.2 Å². The SMILES string of the molecule is Nc1cccc(Cl)c1-c1nnnn1-c1cc(F)ccc1F. The Kier molecular flexibility index (Phi) is 3.26. The van der Waals surface area contributed by atoms with Crippen LogP contribution < -0.4 is 5.73 Å². The van der Waals surface area contributed by atoms with Gasteiger partial charge in [0.1, 0.15) is 17.3 Å². The van der Waals surface area contributed by atoms with E-state index in [9.17, 15) is 8.78 Å². The van der Waals surface area contributed by atoms with Gasteiger partial charge >= 0.3 is 0 Å². The molecule has 1 heterocycles. The van der Waals surface area contributed by atoms with Crippen molar-refractivity contribution < 1.29 is 8.78 Å². The molecular formula is C13H8ClF2N5. The molecule has 0 aliphatic heterocycles. The van der Waals surface area contributed by atoms with Gasteiger partial charge in [-0.25, -0.2) is 8.78 Å². The van der Waals surface area contributed by atoms with Crippen LogP contribution in [0.2, 0.25) is 5.02 Å². The van der Waals surface area contributed by atoms with Gasteiger partial charge in [-0.2, -0.15) is 4.68 Å². The summed E-state index contributed by atoms with van der Waals surface area (Å²) in [4.78, 5) is 0. The Bertz CT molecular complexity index is 798. The van der Waals surface area contributed by atoms with E-state index in [4.69, 9.17) is 17.3 Å². The minimum absolute atomic E-state index is 0.127.